The van der Waals surface area contributed by atoms with Gasteiger partial charge in [-0.05, 0) is 23.8 Å². The first-order valence-corrected chi connectivity index (χ1v) is 9.96. The Labute approximate surface area is 139 Å². The molecule has 1 fully saturated rings. The number of nitrogens with one attached hydrogen (secondary N) is 1. The van der Waals surface area contributed by atoms with Crippen LogP contribution in [0.4, 0.5) is 4.79 Å². The maximum atomic E-state index is 12.2. The molecule has 5 nitrogen and oxygen atoms in total. The van der Waals surface area contributed by atoms with Crippen LogP contribution in [0.1, 0.15) is 19.4 Å². The number of hydrogen-bond donors (Lipinski definition) is 1. The molecule has 6 heteroatoms. The number of benzene rings is 1. The molecule has 1 aliphatic rings. The number of hydrogen-bond acceptors (Lipinski definition) is 3. The first-order chi connectivity index (χ1) is 10.9. The average molecular weight is 338 g/mol. The Kier molecular flexibility index (Phi) is 6.04. The third kappa shape index (κ3) is 5.53. The van der Waals surface area contributed by atoms with Gasteiger partial charge in [-0.1, -0.05) is 44.2 Å². The van der Waals surface area contributed by atoms with Crippen LogP contribution in [0.5, 0.6) is 0 Å². The lowest BCUT2D eigenvalue weighted by Crippen LogP contribution is -2.49. The number of urea groups is 1. The van der Waals surface area contributed by atoms with Crippen LogP contribution in [0.3, 0.4) is 0 Å². The van der Waals surface area contributed by atoms with Crippen molar-refractivity contribution in [3.8, 4) is 0 Å². The van der Waals surface area contributed by atoms with Crippen LogP contribution in [0.2, 0.25) is 0 Å². The normalized spacial score (nSPS) is 18.7. The largest absolute Gasteiger partial charge is 0.338 e. The van der Waals surface area contributed by atoms with Gasteiger partial charge in [0.05, 0.1) is 11.5 Å². The Morgan fingerprint density at radius 2 is 1.78 bits per heavy atom. The Morgan fingerprint density at radius 3 is 2.35 bits per heavy atom. The lowest BCUT2D eigenvalue weighted by atomic mass is 9.89. The number of rotatable bonds is 5. The van der Waals surface area contributed by atoms with Crippen molar-refractivity contribution in [2.24, 2.45) is 11.8 Å². The molecule has 1 aromatic rings. The second-order valence-electron chi connectivity index (χ2n) is 6.52. The second-order valence-corrected chi connectivity index (χ2v) is 8.82. The molecule has 128 valence electrons. The highest BCUT2D eigenvalue weighted by molar-refractivity contribution is 7.91. The van der Waals surface area contributed by atoms with E-state index in [1.54, 1.807) is 4.90 Å². The molecule has 0 aliphatic carbocycles. The van der Waals surface area contributed by atoms with Crippen LogP contribution in [-0.2, 0) is 16.3 Å². The zero-order valence-electron chi connectivity index (χ0n) is 13.9. The fourth-order valence-electron chi connectivity index (χ4n) is 2.71. The van der Waals surface area contributed by atoms with Crippen LogP contribution in [0.15, 0.2) is 30.3 Å². The maximum Gasteiger partial charge on any atom is 0.317 e. The lowest BCUT2D eigenvalue weighted by molar-refractivity contribution is 0.198. The van der Waals surface area contributed by atoms with Crippen molar-refractivity contribution in [3.05, 3.63) is 35.9 Å². The lowest BCUT2D eigenvalue weighted by Gasteiger charge is -2.28. The van der Waals surface area contributed by atoms with Gasteiger partial charge in [0.25, 0.3) is 0 Å². The number of carbonyl (C=O) groups excluding carboxylic acids is 1. The fraction of sp³-hybridized carbons (Fsp3) is 0.588. The number of nitrogens with zero attached hydrogens (tertiary/aromatic N) is 1. The zero-order valence-corrected chi connectivity index (χ0v) is 14.7. The van der Waals surface area contributed by atoms with Gasteiger partial charge in [-0.3, -0.25) is 0 Å². The number of sulfone groups is 1. The molecule has 1 heterocycles. The molecule has 1 aromatic carbocycles. The van der Waals surface area contributed by atoms with E-state index in [2.05, 4.69) is 31.3 Å². The standard InChI is InChI=1S/C17H26N2O3S/c1-14(2)16(12-15-6-4-3-5-7-15)13-18-17(20)19-8-10-23(21,22)11-9-19/h3-7,14,16H,8-13H2,1-2H3,(H,18,20). The summed E-state index contributed by atoms with van der Waals surface area (Å²) >= 11 is 0. The molecule has 2 amide bonds. The number of amides is 2. The molecule has 0 bridgehead atoms. The molecule has 2 rings (SSSR count). The number of carbonyl (C=O) groups is 1. The highest BCUT2D eigenvalue weighted by Crippen LogP contribution is 2.16. The average Bonchev–Trinajstić information content (AvgIpc) is 2.51. The van der Waals surface area contributed by atoms with Gasteiger partial charge in [-0.15, -0.1) is 0 Å². The van der Waals surface area contributed by atoms with Gasteiger partial charge >= 0.3 is 6.03 Å². The van der Waals surface area contributed by atoms with E-state index in [0.29, 0.717) is 31.5 Å². The highest BCUT2D eigenvalue weighted by atomic mass is 32.2. The molecule has 1 atom stereocenters. The molecule has 23 heavy (non-hydrogen) atoms. The smallest absolute Gasteiger partial charge is 0.317 e. The molecular weight excluding hydrogens is 312 g/mol. The summed E-state index contributed by atoms with van der Waals surface area (Å²) in [7, 11) is -2.96. The van der Waals surface area contributed by atoms with Gasteiger partial charge in [0, 0.05) is 19.6 Å². The quantitative estimate of drug-likeness (QED) is 0.892. The Balaban J connectivity index is 1.85. The third-order valence-corrected chi connectivity index (χ3v) is 6.04. The van der Waals surface area contributed by atoms with Crippen LogP contribution in [0.25, 0.3) is 0 Å². The van der Waals surface area contributed by atoms with Crippen molar-refractivity contribution < 1.29 is 13.2 Å². The molecule has 1 N–H and O–H groups in total. The predicted octanol–water partition coefficient (Wildman–Crippen LogP) is 1.94. The summed E-state index contributed by atoms with van der Waals surface area (Å²) in [6.07, 6.45) is 0.924. The fourth-order valence-corrected chi connectivity index (χ4v) is 3.91. The maximum absolute atomic E-state index is 12.2. The van der Waals surface area contributed by atoms with Gasteiger partial charge in [0.1, 0.15) is 0 Å². The molecule has 1 saturated heterocycles. The van der Waals surface area contributed by atoms with Gasteiger partial charge in [0.15, 0.2) is 9.84 Å². The van der Waals surface area contributed by atoms with Crippen LogP contribution >= 0.6 is 0 Å². The SMILES string of the molecule is CC(C)C(CNC(=O)N1CCS(=O)(=O)CC1)Cc1ccccc1. The van der Waals surface area contributed by atoms with Crippen molar-refractivity contribution in [2.45, 2.75) is 20.3 Å². The van der Waals surface area contributed by atoms with E-state index in [-0.39, 0.29) is 17.5 Å². The minimum absolute atomic E-state index is 0.0675. The Bertz CT molecular complexity index is 600. The van der Waals surface area contributed by atoms with E-state index in [1.807, 2.05) is 18.2 Å². The van der Waals surface area contributed by atoms with Gasteiger partial charge in [0.2, 0.25) is 0 Å². The van der Waals surface area contributed by atoms with Crippen molar-refractivity contribution >= 4 is 15.9 Å². The second kappa shape index (κ2) is 7.81. The minimum atomic E-state index is -2.96. The Morgan fingerprint density at radius 1 is 1.17 bits per heavy atom. The van der Waals surface area contributed by atoms with Crippen LogP contribution < -0.4 is 5.32 Å². The summed E-state index contributed by atoms with van der Waals surface area (Å²) in [4.78, 5) is 13.8. The summed E-state index contributed by atoms with van der Waals surface area (Å²) in [5.74, 6) is 0.947. The predicted molar refractivity (Wildman–Crippen MR) is 92.1 cm³/mol. The van der Waals surface area contributed by atoms with Crippen LogP contribution in [0, 0.1) is 11.8 Å². The summed E-state index contributed by atoms with van der Waals surface area (Å²) < 4.78 is 22.8. The Hall–Kier alpha value is -1.56. The summed E-state index contributed by atoms with van der Waals surface area (Å²) in [6.45, 7) is 5.51. The molecule has 1 aliphatic heterocycles. The van der Waals surface area contributed by atoms with E-state index in [9.17, 15) is 13.2 Å². The zero-order chi connectivity index (χ0) is 16.9. The molecule has 0 aromatic heterocycles. The van der Waals surface area contributed by atoms with E-state index >= 15 is 0 Å². The topological polar surface area (TPSA) is 66.5 Å². The van der Waals surface area contributed by atoms with Crippen molar-refractivity contribution in [3.63, 3.8) is 0 Å². The molecular formula is C17H26N2O3S. The van der Waals surface area contributed by atoms with Gasteiger partial charge < -0.3 is 10.2 Å². The third-order valence-electron chi connectivity index (χ3n) is 4.43. The van der Waals surface area contributed by atoms with E-state index in [0.717, 1.165) is 6.42 Å². The summed E-state index contributed by atoms with van der Waals surface area (Å²) in [5, 5.41) is 2.97. The highest BCUT2D eigenvalue weighted by Gasteiger charge is 2.25. The van der Waals surface area contributed by atoms with Gasteiger partial charge in [-0.2, -0.15) is 0 Å². The molecule has 0 radical (unpaired) electrons. The summed E-state index contributed by atoms with van der Waals surface area (Å²) in [6, 6.07) is 10.1. The monoisotopic (exact) mass is 338 g/mol. The molecule has 1 unspecified atom stereocenters. The van der Waals surface area contributed by atoms with Gasteiger partial charge in [-0.25, -0.2) is 13.2 Å². The van der Waals surface area contributed by atoms with E-state index in [1.165, 1.54) is 5.56 Å². The van der Waals surface area contributed by atoms with Crippen molar-refractivity contribution in [2.75, 3.05) is 31.1 Å². The van der Waals surface area contributed by atoms with Crippen molar-refractivity contribution in [1.82, 2.24) is 10.2 Å². The summed E-state index contributed by atoms with van der Waals surface area (Å²) in [5.41, 5.74) is 1.27. The molecule has 0 saturated carbocycles. The van der Waals surface area contributed by atoms with E-state index in [4.69, 9.17) is 0 Å². The van der Waals surface area contributed by atoms with Crippen molar-refractivity contribution in [1.29, 1.82) is 0 Å². The minimum Gasteiger partial charge on any atom is -0.338 e. The first kappa shape index (κ1) is 17.8. The van der Waals surface area contributed by atoms with Crippen LogP contribution in [-0.4, -0.2) is 50.5 Å². The van der Waals surface area contributed by atoms with E-state index < -0.39 is 9.84 Å². The first-order valence-electron chi connectivity index (χ1n) is 8.14. The molecule has 0 spiro atoms.